The zero-order valence-electron chi connectivity index (χ0n) is 13.5. The van der Waals surface area contributed by atoms with Gasteiger partial charge in [0.1, 0.15) is 12.1 Å². The van der Waals surface area contributed by atoms with Crippen molar-refractivity contribution in [3.63, 3.8) is 0 Å². The van der Waals surface area contributed by atoms with Gasteiger partial charge in [-0.2, -0.15) is 0 Å². The molecule has 1 aromatic carbocycles. The van der Waals surface area contributed by atoms with E-state index in [1.165, 1.54) is 5.56 Å². The van der Waals surface area contributed by atoms with E-state index in [0.717, 1.165) is 15.2 Å². The Kier molecular flexibility index (Phi) is 6.43. The van der Waals surface area contributed by atoms with Gasteiger partial charge in [0.2, 0.25) is 5.88 Å². The van der Waals surface area contributed by atoms with Gasteiger partial charge in [-0.05, 0) is 36.9 Å². The number of benzene rings is 1. The number of carbonyl (C=O) groups excluding carboxylic acids is 1. The predicted molar refractivity (Wildman–Crippen MR) is 98.9 cm³/mol. The maximum atomic E-state index is 11.8. The molecule has 0 saturated carbocycles. The number of nitrogens with zero attached hydrogens (tertiary/aromatic N) is 1. The quantitative estimate of drug-likeness (QED) is 0.776. The third-order valence-electron chi connectivity index (χ3n) is 3.95. The summed E-state index contributed by atoms with van der Waals surface area (Å²) < 4.78 is 12.1. The van der Waals surface area contributed by atoms with Gasteiger partial charge in [-0.3, -0.25) is 4.79 Å². The van der Waals surface area contributed by atoms with Gasteiger partial charge in [0, 0.05) is 29.0 Å². The maximum Gasteiger partial charge on any atom is 0.323 e. The Bertz CT molecular complexity index is 741. The molecule has 0 amide bonds. The summed E-state index contributed by atoms with van der Waals surface area (Å²) in [6.07, 6.45) is 2.24. The summed E-state index contributed by atoms with van der Waals surface area (Å²) >= 11 is 3.55. The summed E-state index contributed by atoms with van der Waals surface area (Å²) in [7, 11) is 0. The fraction of sp³-hybridized carbons (Fsp3) is 0.412. The van der Waals surface area contributed by atoms with Gasteiger partial charge < -0.3 is 14.8 Å². The van der Waals surface area contributed by atoms with Gasteiger partial charge in [0.25, 0.3) is 0 Å². The second-order valence-corrected chi connectivity index (χ2v) is 6.48. The molecule has 5 nitrogen and oxygen atoms in total. The van der Waals surface area contributed by atoms with Gasteiger partial charge in [-0.25, -0.2) is 4.98 Å². The van der Waals surface area contributed by atoms with E-state index in [0.29, 0.717) is 25.5 Å². The third-order valence-corrected chi connectivity index (χ3v) is 4.80. The molecular formula is C17H20BrClN2O3. The molecule has 1 aliphatic rings. The highest BCUT2D eigenvalue weighted by Gasteiger charge is 2.32. The van der Waals surface area contributed by atoms with Crippen LogP contribution in [0.25, 0.3) is 10.8 Å². The van der Waals surface area contributed by atoms with E-state index in [2.05, 4.69) is 39.2 Å². The molecule has 0 aliphatic carbocycles. The molecule has 1 fully saturated rings. The van der Waals surface area contributed by atoms with Crippen LogP contribution in [-0.2, 0) is 9.53 Å². The van der Waals surface area contributed by atoms with E-state index in [-0.39, 0.29) is 30.5 Å². The summed E-state index contributed by atoms with van der Waals surface area (Å²) in [5.74, 6) is 0.377. The monoisotopic (exact) mass is 414 g/mol. The molecule has 2 heterocycles. The lowest BCUT2D eigenvalue weighted by molar-refractivity contribution is -0.145. The van der Waals surface area contributed by atoms with E-state index in [9.17, 15) is 4.79 Å². The first-order valence-corrected chi connectivity index (χ1v) is 8.49. The number of pyridine rings is 1. The van der Waals surface area contributed by atoms with Gasteiger partial charge >= 0.3 is 5.97 Å². The average molecular weight is 416 g/mol. The van der Waals surface area contributed by atoms with E-state index >= 15 is 0 Å². The number of aromatic nitrogens is 1. The molecule has 130 valence electrons. The van der Waals surface area contributed by atoms with Gasteiger partial charge in [-0.1, -0.05) is 22.0 Å². The Morgan fingerprint density at radius 1 is 1.46 bits per heavy atom. The minimum Gasteiger partial charge on any atom is -0.472 e. The number of carbonyl (C=O) groups is 1. The fourth-order valence-electron chi connectivity index (χ4n) is 2.75. The van der Waals surface area contributed by atoms with Crippen molar-refractivity contribution < 1.29 is 14.3 Å². The SMILES string of the molecule is CCOC(=O)[C@@H]1C[C@@H](Oc2nccc3cc(C)c(Br)cc23)CN1.Cl. The van der Waals surface area contributed by atoms with Crippen LogP contribution in [0.5, 0.6) is 5.88 Å². The molecule has 2 atom stereocenters. The first-order valence-electron chi connectivity index (χ1n) is 7.70. The molecule has 24 heavy (non-hydrogen) atoms. The summed E-state index contributed by atoms with van der Waals surface area (Å²) in [6.45, 7) is 4.85. The first kappa shape index (κ1) is 19.0. The van der Waals surface area contributed by atoms with Crippen LogP contribution in [0.1, 0.15) is 18.9 Å². The summed E-state index contributed by atoms with van der Waals surface area (Å²) in [5.41, 5.74) is 1.17. The Morgan fingerprint density at radius 2 is 2.25 bits per heavy atom. The average Bonchev–Trinajstić information content (AvgIpc) is 2.98. The van der Waals surface area contributed by atoms with Crippen LogP contribution in [0.4, 0.5) is 0 Å². The van der Waals surface area contributed by atoms with Crippen LogP contribution in [0.3, 0.4) is 0 Å². The Morgan fingerprint density at radius 3 is 3.00 bits per heavy atom. The van der Waals surface area contributed by atoms with Crippen molar-refractivity contribution in [1.82, 2.24) is 10.3 Å². The van der Waals surface area contributed by atoms with Crippen LogP contribution in [0.2, 0.25) is 0 Å². The summed E-state index contributed by atoms with van der Waals surface area (Å²) in [6, 6.07) is 5.79. The molecule has 1 N–H and O–H groups in total. The molecule has 1 saturated heterocycles. The molecule has 0 unspecified atom stereocenters. The standard InChI is InChI=1S/C17H19BrN2O3.ClH/c1-3-22-17(21)15-7-12(9-20-15)23-16-13-8-14(18)10(2)6-11(13)4-5-19-16;/h4-6,8,12,15,20H,3,7,9H2,1-2H3;1H/t12-,15+;/m1./s1. The van der Waals surface area contributed by atoms with Crippen LogP contribution in [0, 0.1) is 6.92 Å². The second-order valence-electron chi connectivity index (χ2n) is 5.63. The predicted octanol–water partition coefficient (Wildman–Crippen LogP) is 3.40. The van der Waals surface area contributed by atoms with Gasteiger partial charge in [0.05, 0.1) is 6.61 Å². The molecule has 0 bridgehead atoms. The first-order chi connectivity index (χ1) is 11.1. The van der Waals surface area contributed by atoms with Crippen molar-refractivity contribution in [2.75, 3.05) is 13.2 Å². The Hall–Kier alpha value is -1.37. The number of nitrogens with one attached hydrogen (secondary N) is 1. The van der Waals surface area contributed by atoms with Crippen LogP contribution in [0.15, 0.2) is 28.9 Å². The van der Waals surface area contributed by atoms with Crippen molar-refractivity contribution in [3.05, 3.63) is 34.4 Å². The van der Waals surface area contributed by atoms with Crippen molar-refractivity contribution in [1.29, 1.82) is 0 Å². The smallest absolute Gasteiger partial charge is 0.323 e. The molecule has 0 spiro atoms. The molecule has 0 radical (unpaired) electrons. The lowest BCUT2D eigenvalue weighted by Crippen LogP contribution is -2.32. The van der Waals surface area contributed by atoms with E-state index in [4.69, 9.17) is 9.47 Å². The molecule has 7 heteroatoms. The number of esters is 1. The molecule has 3 rings (SSSR count). The lowest BCUT2D eigenvalue weighted by atomic mass is 10.1. The Labute approximate surface area is 155 Å². The van der Waals surface area contributed by atoms with Crippen LogP contribution < -0.4 is 10.1 Å². The zero-order chi connectivity index (χ0) is 16.4. The highest BCUT2D eigenvalue weighted by molar-refractivity contribution is 9.10. The molecule has 1 aromatic heterocycles. The van der Waals surface area contributed by atoms with Crippen molar-refractivity contribution in [2.45, 2.75) is 32.4 Å². The minimum atomic E-state index is -0.302. The largest absolute Gasteiger partial charge is 0.472 e. The van der Waals surface area contributed by atoms with E-state index in [1.54, 1.807) is 13.1 Å². The number of aryl methyl sites for hydroxylation is 1. The highest BCUT2D eigenvalue weighted by Crippen LogP contribution is 2.30. The van der Waals surface area contributed by atoms with E-state index < -0.39 is 0 Å². The topological polar surface area (TPSA) is 60.5 Å². The van der Waals surface area contributed by atoms with Crippen molar-refractivity contribution in [2.24, 2.45) is 0 Å². The number of rotatable bonds is 4. The Balaban J connectivity index is 0.00000208. The van der Waals surface area contributed by atoms with Gasteiger partial charge in [0.15, 0.2) is 0 Å². The zero-order valence-corrected chi connectivity index (χ0v) is 15.9. The molecule has 2 aromatic rings. The second kappa shape index (κ2) is 8.14. The van der Waals surface area contributed by atoms with Gasteiger partial charge in [-0.15, -0.1) is 12.4 Å². The number of halogens is 2. The van der Waals surface area contributed by atoms with Crippen LogP contribution in [-0.4, -0.2) is 36.3 Å². The third kappa shape index (κ3) is 3.99. The summed E-state index contributed by atoms with van der Waals surface area (Å²) in [4.78, 5) is 16.1. The number of ether oxygens (including phenoxy) is 2. The normalized spacial score (nSPS) is 19.8. The number of fused-ring (bicyclic) bond motifs is 1. The number of hydrogen-bond donors (Lipinski definition) is 1. The van der Waals surface area contributed by atoms with Crippen molar-refractivity contribution in [3.8, 4) is 5.88 Å². The van der Waals surface area contributed by atoms with Crippen molar-refractivity contribution >= 4 is 45.1 Å². The minimum absolute atomic E-state index is 0. The van der Waals surface area contributed by atoms with Crippen LogP contribution >= 0.6 is 28.3 Å². The number of hydrogen-bond acceptors (Lipinski definition) is 5. The highest BCUT2D eigenvalue weighted by atomic mass is 79.9. The molecular weight excluding hydrogens is 396 g/mol. The van der Waals surface area contributed by atoms with E-state index in [1.807, 2.05) is 12.1 Å². The fourth-order valence-corrected chi connectivity index (χ4v) is 3.09. The lowest BCUT2D eigenvalue weighted by Gasteiger charge is -2.14. The maximum absolute atomic E-state index is 11.8. The summed E-state index contributed by atoms with van der Waals surface area (Å²) in [5, 5.41) is 5.19. The molecule has 1 aliphatic heterocycles.